The molecule has 12 heteroatoms. The molecule has 8 nitrogen and oxygen atoms in total. The van der Waals surface area contributed by atoms with Crippen LogP contribution in [0.5, 0.6) is 0 Å². The third kappa shape index (κ3) is 4.91. The lowest BCUT2D eigenvalue weighted by Crippen LogP contribution is -2.39. The van der Waals surface area contributed by atoms with Crippen LogP contribution in [-0.4, -0.2) is 61.0 Å². The fourth-order valence-electron chi connectivity index (χ4n) is 1.70. The fourth-order valence-corrected chi connectivity index (χ4v) is 2.37. The van der Waals surface area contributed by atoms with Gasteiger partial charge in [0.15, 0.2) is 6.21 Å². The van der Waals surface area contributed by atoms with Gasteiger partial charge < -0.3 is 9.94 Å². The second-order valence-corrected chi connectivity index (χ2v) is 6.63. The van der Waals surface area contributed by atoms with Gasteiger partial charge in [0.1, 0.15) is 18.9 Å². The summed E-state index contributed by atoms with van der Waals surface area (Å²) in [6.07, 6.45) is 4.66. The van der Waals surface area contributed by atoms with Gasteiger partial charge in [-0.15, -0.1) is 0 Å². The molecule has 132 valence electrons. The number of rotatable bonds is 8. The van der Waals surface area contributed by atoms with Crippen LogP contribution >= 0.6 is 0 Å². The number of aryl methyl sites for hydroxylation is 1. The molecular weight excluding hydrogens is 341 g/mol. The summed E-state index contributed by atoms with van der Waals surface area (Å²) >= 11 is 0. The van der Waals surface area contributed by atoms with Crippen molar-refractivity contribution in [1.82, 2.24) is 8.87 Å². The topological polar surface area (TPSA) is 88.0 Å². The molecule has 1 aromatic heterocycles. The average molecular weight is 359 g/mol. The number of ether oxygens (including phenoxy) is 1. The van der Waals surface area contributed by atoms with Crippen molar-refractivity contribution in [3.63, 3.8) is 0 Å². The highest BCUT2D eigenvalue weighted by molar-refractivity contribution is 7.89. The van der Waals surface area contributed by atoms with Crippen molar-refractivity contribution < 1.29 is 36.1 Å². The Balaban J connectivity index is 2.42. The lowest BCUT2D eigenvalue weighted by Gasteiger charge is -2.18. The molecule has 1 aromatic rings. The molecule has 0 saturated heterocycles. The molecule has 0 saturated carbocycles. The molecule has 0 aliphatic rings. The van der Waals surface area contributed by atoms with Crippen molar-refractivity contribution in [3.8, 4) is 0 Å². The van der Waals surface area contributed by atoms with Crippen LogP contribution in [0.2, 0.25) is 0 Å². The molecule has 1 N–H and O–H groups in total. The fraction of sp³-hybridized carbons (Fsp3) is 0.636. The van der Waals surface area contributed by atoms with Gasteiger partial charge in [-0.25, -0.2) is 17.6 Å². The van der Waals surface area contributed by atoms with E-state index >= 15 is 0 Å². The summed E-state index contributed by atoms with van der Waals surface area (Å²) in [6, 6.07) is 0. The van der Waals surface area contributed by atoms with Crippen LogP contribution in [-0.2, 0) is 28.4 Å². The average Bonchev–Trinajstić information content (AvgIpc) is 2.79. The maximum Gasteiger partial charge on any atom is 0.511 e. The van der Waals surface area contributed by atoms with E-state index in [0.29, 0.717) is 12.4 Å². The lowest BCUT2D eigenvalue weighted by atomic mass is 10.5. The minimum atomic E-state index is -5.33. The number of hydrogen-bond donors (Lipinski definition) is 1. The van der Waals surface area contributed by atoms with Crippen LogP contribution in [0.15, 0.2) is 17.5 Å². The molecule has 0 unspecified atom stereocenters. The van der Waals surface area contributed by atoms with Gasteiger partial charge in [0.25, 0.3) is 0 Å². The Hall–Kier alpha value is -1.66. The van der Waals surface area contributed by atoms with E-state index in [-0.39, 0.29) is 17.5 Å². The number of hydrogen-bond acceptors (Lipinski definition) is 5. The Kier molecular flexibility index (Phi) is 6.53. The van der Waals surface area contributed by atoms with Gasteiger partial charge in [-0.1, -0.05) is 5.16 Å². The van der Waals surface area contributed by atoms with Crippen molar-refractivity contribution >= 4 is 16.2 Å². The molecule has 1 heterocycles. The molecule has 0 atom stereocenters. The van der Waals surface area contributed by atoms with E-state index < -0.39 is 22.1 Å². The van der Waals surface area contributed by atoms with Gasteiger partial charge in [0.05, 0.1) is 20.3 Å². The van der Waals surface area contributed by atoms with Crippen LogP contribution in [0.3, 0.4) is 0 Å². The number of alkyl halides is 3. The zero-order valence-corrected chi connectivity index (χ0v) is 13.4. The standard InChI is InChI=1S/C11H17F3N4O4S/c1-16-3-4-18(10(16)9-15-19)6-8-22-7-5-17(2)23(20,21)11(12,13)14/h3-4,9H,5-8H2,1-2H3/p+1. The first-order chi connectivity index (χ1) is 10.6. The van der Waals surface area contributed by atoms with E-state index in [2.05, 4.69) is 5.16 Å². The number of oxime groups is 1. The second-order valence-electron chi connectivity index (χ2n) is 4.59. The van der Waals surface area contributed by atoms with Crippen LogP contribution in [0.1, 0.15) is 5.82 Å². The first-order valence-electron chi connectivity index (χ1n) is 6.44. The summed E-state index contributed by atoms with van der Waals surface area (Å²) in [5.74, 6) is 0.591. The van der Waals surface area contributed by atoms with E-state index in [1.165, 1.54) is 6.21 Å². The van der Waals surface area contributed by atoms with Gasteiger partial charge in [-0.05, 0) is 0 Å². The number of halogens is 3. The Morgan fingerprint density at radius 3 is 2.70 bits per heavy atom. The molecule has 0 spiro atoms. The summed E-state index contributed by atoms with van der Waals surface area (Å²) in [4.78, 5) is 0. The van der Waals surface area contributed by atoms with Gasteiger partial charge in [-0.3, -0.25) is 0 Å². The minimum Gasteiger partial charge on any atom is -0.411 e. The summed E-state index contributed by atoms with van der Waals surface area (Å²) < 4.78 is 67.7. The molecule has 0 amide bonds. The molecule has 0 aromatic carbocycles. The number of sulfonamides is 1. The number of imidazole rings is 1. The Bertz CT molecular complexity index is 642. The van der Waals surface area contributed by atoms with Gasteiger partial charge in [-0.2, -0.15) is 17.5 Å². The summed E-state index contributed by atoms with van der Waals surface area (Å²) in [7, 11) is -2.74. The monoisotopic (exact) mass is 359 g/mol. The number of likely N-dealkylation sites (N-methyl/N-ethyl adjacent to an activating group) is 1. The third-order valence-electron chi connectivity index (χ3n) is 3.03. The summed E-state index contributed by atoms with van der Waals surface area (Å²) in [6.45, 7) is -0.0757. The maximum absolute atomic E-state index is 12.3. The van der Waals surface area contributed by atoms with Crippen molar-refractivity contribution in [2.24, 2.45) is 12.2 Å². The first kappa shape index (κ1) is 19.4. The van der Waals surface area contributed by atoms with E-state index in [0.717, 1.165) is 7.05 Å². The minimum absolute atomic E-state index is 0.154. The number of nitrogens with zero attached hydrogens (tertiary/aromatic N) is 4. The zero-order chi connectivity index (χ0) is 17.7. The van der Waals surface area contributed by atoms with Crippen molar-refractivity contribution in [2.75, 3.05) is 26.8 Å². The number of aromatic nitrogens is 2. The molecule has 0 aliphatic carbocycles. The van der Waals surface area contributed by atoms with E-state index in [1.54, 1.807) is 28.6 Å². The van der Waals surface area contributed by atoms with Gasteiger partial charge in [0, 0.05) is 13.6 Å². The Morgan fingerprint density at radius 1 is 1.48 bits per heavy atom. The maximum atomic E-state index is 12.3. The molecule has 23 heavy (non-hydrogen) atoms. The van der Waals surface area contributed by atoms with E-state index in [9.17, 15) is 21.6 Å². The van der Waals surface area contributed by atoms with Crippen LogP contribution in [0.4, 0.5) is 13.2 Å². The molecule has 0 bridgehead atoms. The Labute approximate surface area is 131 Å². The van der Waals surface area contributed by atoms with Crippen molar-refractivity contribution in [1.29, 1.82) is 0 Å². The molecule has 0 aliphatic heterocycles. The molecular formula is C11H18F3N4O4S+. The highest BCUT2D eigenvalue weighted by atomic mass is 32.2. The molecule has 0 radical (unpaired) electrons. The molecule has 0 fully saturated rings. The zero-order valence-electron chi connectivity index (χ0n) is 12.6. The van der Waals surface area contributed by atoms with Gasteiger partial charge >= 0.3 is 21.4 Å². The van der Waals surface area contributed by atoms with Crippen LogP contribution in [0.25, 0.3) is 0 Å². The smallest absolute Gasteiger partial charge is 0.411 e. The molecule has 1 rings (SSSR count). The first-order valence-corrected chi connectivity index (χ1v) is 7.88. The van der Waals surface area contributed by atoms with Crippen LogP contribution < -0.4 is 4.57 Å². The van der Waals surface area contributed by atoms with Crippen molar-refractivity contribution in [2.45, 2.75) is 12.1 Å². The SMILES string of the molecule is CN(CCOCCn1cc[n+](C)c1/C=N/O)S(=O)(=O)C(F)(F)F. The Morgan fingerprint density at radius 2 is 2.13 bits per heavy atom. The predicted molar refractivity (Wildman–Crippen MR) is 73.4 cm³/mol. The second kappa shape index (κ2) is 7.75. The third-order valence-corrected chi connectivity index (χ3v) is 4.62. The lowest BCUT2D eigenvalue weighted by molar-refractivity contribution is -0.671. The highest BCUT2D eigenvalue weighted by Crippen LogP contribution is 2.25. The van der Waals surface area contributed by atoms with Crippen LogP contribution in [0, 0.1) is 0 Å². The summed E-state index contributed by atoms with van der Waals surface area (Å²) in [5, 5.41) is 11.5. The largest absolute Gasteiger partial charge is 0.511 e. The quantitative estimate of drug-likeness (QED) is 0.231. The van der Waals surface area contributed by atoms with E-state index in [1.807, 2.05) is 0 Å². The predicted octanol–water partition coefficient (Wildman–Crippen LogP) is -0.0813. The summed E-state index contributed by atoms with van der Waals surface area (Å²) in [5.41, 5.74) is -5.32. The highest BCUT2D eigenvalue weighted by Gasteiger charge is 2.48. The van der Waals surface area contributed by atoms with E-state index in [4.69, 9.17) is 9.94 Å². The van der Waals surface area contributed by atoms with Crippen molar-refractivity contribution in [3.05, 3.63) is 18.2 Å². The normalized spacial score (nSPS) is 13.3. The van der Waals surface area contributed by atoms with Gasteiger partial charge in [0.2, 0.25) is 0 Å².